The number of nitrogen functional groups attached to an aromatic ring is 1. The molecule has 1 aromatic rings. The molecule has 0 aliphatic heterocycles. The predicted molar refractivity (Wildman–Crippen MR) is 81.2 cm³/mol. The van der Waals surface area contributed by atoms with E-state index in [1.807, 2.05) is 0 Å². The zero-order chi connectivity index (χ0) is 14.8. The van der Waals surface area contributed by atoms with Gasteiger partial charge in [0.15, 0.2) is 5.82 Å². The van der Waals surface area contributed by atoms with E-state index in [1.54, 1.807) is 0 Å². The van der Waals surface area contributed by atoms with Crippen molar-refractivity contribution in [1.82, 2.24) is 9.27 Å². The van der Waals surface area contributed by atoms with Gasteiger partial charge in [0.05, 0.1) is 7.11 Å². The zero-order valence-corrected chi connectivity index (χ0v) is 13.0. The summed E-state index contributed by atoms with van der Waals surface area (Å²) < 4.78 is 8.80. The van der Waals surface area contributed by atoms with Gasteiger partial charge in [-0.3, -0.25) is 0 Å². The largest absolute Gasteiger partial charge is 0.465 e. The number of aromatic nitrogens is 1. The highest BCUT2D eigenvalue weighted by atomic mass is 32.1. The van der Waals surface area contributed by atoms with Crippen molar-refractivity contribution >= 4 is 28.3 Å². The van der Waals surface area contributed by atoms with Crippen LogP contribution in [0.3, 0.4) is 0 Å². The minimum absolute atomic E-state index is 0.145. The molecule has 1 saturated carbocycles. The van der Waals surface area contributed by atoms with E-state index in [9.17, 15) is 4.79 Å². The maximum absolute atomic E-state index is 11.7. The fourth-order valence-electron chi connectivity index (χ4n) is 2.78. The third-order valence-corrected chi connectivity index (χ3v) is 4.99. The van der Waals surface area contributed by atoms with Gasteiger partial charge < -0.3 is 20.7 Å². The Hall–Kier alpha value is -1.34. The fraction of sp³-hybridized carbons (Fsp3) is 0.692. The number of carbonyl (C=O) groups excluding carboxylic acids is 1. The van der Waals surface area contributed by atoms with Crippen LogP contribution in [0.15, 0.2) is 0 Å². The molecule has 112 valence electrons. The van der Waals surface area contributed by atoms with Crippen LogP contribution in [0.2, 0.25) is 0 Å². The first kappa shape index (κ1) is 15.1. The molecule has 1 aromatic heterocycles. The molecule has 20 heavy (non-hydrogen) atoms. The van der Waals surface area contributed by atoms with Gasteiger partial charge in [-0.05, 0) is 38.5 Å². The Labute approximate surface area is 123 Å². The number of hydrogen-bond donors (Lipinski definition) is 2. The number of hydrogen-bond acceptors (Lipinski definition) is 7. The van der Waals surface area contributed by atoms with Gasteiger partial charge >= 0.3 is 5.97 Å². The van der Waals surface area contributed by atoms with Crippen molar-refractivity contribution in [3.63, 3.8) is 0 Å². The first-order valence-corrected chi connectivity index (χ1v) is 7.52. The number of nitrogens with one attached hydrogen (secondary N) is 1. The van der Waals surface area contributed by atoms with E-state index in [0.717, 1.165) is 19.4 Å². The third-order valence-electron chi connectivity index (χ3n) is 4.17. The average Bonchev–Trinajstić information content (AvgIpc) is 3.03. The minimum atomic E-state index is -0.441. The van der Waals surface area contributed by atoms with E-state index in [2.05, 4.69) is 28.7 Å². The lowest BCUT2D eigenvalue weighted by Crippen LogP contribution is -2.47. The van der Waals surface area contributed by atoms with Gasteiger partial charge in [-0.1, -0.05) is 12.8 Å². The van der Waals surface area contributed by atoms with Gasteiger partial charge in [0, 0.05) is 12.1 Å². The van der Waals surface area contributed by atoms with Gasteiger partial charge in [0.2, 0.25) is 0 Å². The van der Waals surface area contributed by atoms with E-state index in [1.165, 1.54) is 31.5 Å². The topological polar surface area (TPSA) is 80.5 Å². The molecule has 0 amide bonds. The lowest BCUT2D eigenvalue weighted by atomic mass is 9.96. The van der Waals surface area contributed by atoms with E-state index >= 15 is 0 Å². The van der Waals surface area contributed by atoms with Crippen LogP contribution in [0.1, 0.15) is 36.0 Å². The maximum Gasteiger partial charge on any atom is 0.344 e. The summed E-state index contributed by atoms with van der Waals surface area (Å²) in [4.78, 5) is 14.0. The summed E-state index contributed by atoms with van der Waals surface area (Å²) >= 11 is 1.21. The molecular formula is C13H22N4O2S. The monoisotopic (exact) mass is 298 g/mol. The maximum atomic E-state index is 11.7. The van der Waals surface area contributed by atoms with Crippen molar-refractivity contribution in [2.24, 2.45) is 0 Å². The number of nitrogens with zero attached hydrogens (tertiary/aromatic N) is 2. The zero-order valence-electron chi connectivity index (χ0n) is 12.2. The molecule has 1 heterocycles. The Morgan fingerprint density at radius 3 is 2.70 bits per heavy atom. The van der Waals surface area contributed by atoms with Crippen LogP contribution in [-0.2, 0) is 4.74 Å². The molecule has 1 fully saturated rings. The standard InChI is InChI=1S/C13H22N4O2S/c1-17(2)13(6-4-5-7-13)8-15-11-9(12(18)19-3)10(14)16-20-11/h15H,4-8H2,1-3H3,(H2,14,16). The second-order valence-electron chi connectivity index (χ2n) is 5.44. The normalized spacial score (nSPS) is 17.4. The van der Waals surface area contributed by atoms with Gasteiger partial charge in [-0.25, -0.2) is 4.79 Å². The lowest BCUT2D eigenvalue weighted by molar-refractivity contribution is 0.0603. The molecular weight excluding hydrogens is 276 g/mol. The SMILES string of the molecule is COC(=O)c1c(N)nsc1NCC1(N(C)C)CCCC1. The Morgan fingerprint density at radius 1 is 1.50 bits per heavy atom. The van der Waals surface area contributed by atoms with Crippen LogP contribution in [0.4, 0.5) is 10.8 Å². The van der Waals surface area contributed by atoms with Crippen LogP contribution >= 0.6 is 11.5 Å². The summed E-state index contributed by atoms with van der Waals surface area (Å²) in [5.41, 5.74) is 6.24. The molecule has 6 nitrogen and oxygen atoms in total. The lowest BCUT2D eigenvalue weighted by Gasteiger charge is -2.36. The molecule has 0 saturated heterocycles. The van der Waals surface area contributed by atoms with E-state index in [0.29, 0.717) is 10.6 Å². The van der Waals surface area contributed by atoms with Gasteiger partial charge in [0.25, 0.3) is 0 Å². The van der Waals surface area contributed by atoms with Crippen molar-refractivity contribution in [2.45, 2.75) is 31.2 Å². The summed E-state index contributed by atoms with van der Waals surface area (Å²) in [5, 5.41) is 4.04. The number of carbonyl (C=O) groups is 1. The predicted octanol–water partition coefficient (Wildman–Crippen LogP) is 1.80. The molecule has 0 atom stereocenters. The van der Waals surface area contributed by atoms with Gasteiger partial charge in [0.1, 0.15) is 10.6 Å². The molecule has 2 rings (SSSR count). The second kappa shape index (κ2) is 5.97. The average molecular weight is 298 g/mol. The van der Waals surface area contributed by atoms with E-state index in [4.69, 9.17) is 10.5 Å². The number of methoxy groups -OCH3 is 1. The van der Waals surface area contributed by atoms with Gasteiger partial charge in [-0.2, -0.15) is 4.37 Å². The highest BCUT2D eigenvalue weighted by Gasteiger charge is 2.36. The highest BCUT2D eigenvalue weighted by Crippen LogP contribution is 2.35. The molecule has 1 aliphatic carbocycles. The van der Waals surface area contributed by atoms with Crippen LogP contribution in [0.25, 0.3) is 0 Å². The summed E-state index contributed by atoms with van der Waals surface area (Å²) in [6, 6.07) is 0. The molecule has 1 aliphatic rings. The Morgan fingerprint density at radius 2 is 2.15 bits per heavy atom. The molecule has 0 bridgehead atoms. The molecule has 0 spiro atoms. The van der Waals surface area contributed by atoms with Crippen molar-refractivity contribution in [3.05, 3.63) is 5.56 Å². The molecule has 7 heteroatoms. The minimum Gasteiger partial charge on any atom is -0.465 e. The number of rotatable bonds is 5. The third kappa shape index (κ3) is 2.73. The molecule has 0 aromatic carbocycles. The van der Waals surface area contributed by atoms with Crippen molar-refractivity contribution < 1.29 is 9.53 Å². The number of anilines is 2. The van der Waals surface area contributed by atoms with Crippen LogP contribution < -0.4 is 11.1 Å². The van der Waals surface area contributed by atoms with Crippen LogP contribution in [0.5, 0.6) is 0 Å². The highest BCUT2D eigenvalue weighted by molar-refractivity contribution is 7.11. The fourth-order valence-corrected chi connectivity index (χ4v) is 3.48. The number of likely N-dealkylation sites (N-methyl/N-ethyl adjacent to an activating group) is 1. The summed E-state index contributed by atoms with van der Waals surface area (Å²) in [6.45, 7) is 0.783. The van der Waals surface area contributed by atoms with Crippen molar-refractivity contribution in [2.75, 3.05) is 38.8 Å². The number of ether oxygens (including phenoxy) is 1. The summed E-state index contributed by atoms with van der Waals surface area (Å²) in [5.74, 6) is -0.209. The quantitative estimate of drug-likeness (QED) is 0.807. The van der Waals surface area contributed by atoms with E-state index < -0.39 is 5.97 Å². The molecule has 0 radical (unpaired) electrons. The van der Waals surface area contributed by atoms with Crippen molar-refractivity contribution in [1.29, 1.82) is 0 Å². The van der Waals surface area contributed by atoms with Gasteiger partial charge in [-0.15, -0.1) is 0 Å². The van der Waals surface area contributed by atoms with Crippen molar-refractivity contribution in [3.8, 4) is 0 Å². The molecule has 0 unspecified atom stereocenters. The van der Waals surface area contributed by atoms with Crippen LogP contribution in [0, 0.1) is 0 Å². The Balaban J connectivity index is 2.13. The Bertz CT molecular complexity index is 481. The molecule has 3 N–H and O–H groups in total. The first-order valence-electron chi connectivity index (χ1n) is 6.75. The first-order chi connectivity index (χ1) is 9.50. The second-order valence-corrected chi connectivity index (χ2v) is 6.22. The number of esters is 1. The summed E-state index contributed by atoms with van der Waals surface area (Å²) in [6.07, 6.45) is 4.81. The number of nitrogens with two attached hydrogens (primary N) is 1. The summed E-state index contributed by atoms with van der Waals surface area (Å²) in [7, 11) is 5.56. The van der Waals surface area contributed by atoms with E-state index in [-0.39, 0.29) is 11.4 Å². The smallest absolute Gasteiger partial charge is 0.344 e. The Kier molecular flexibility index (Phi) is 4.49. The van der Waals surface area contributed by atoms with Crippen LogP contribution in [-0.4, -0.2) is 48.5 Å².